The first-order valence-corrected chi connectivity index (χ1v) is 13.9. The number of carbonyl (C=O) groups excluding carboxylic acids is 1. The Morgan fingerprint density at radius 1 is 1.16 bits per heavy atom. The van der Waals surface area contributed by atoms with Crippen molar-refractivity contribution < 1.29 is 23.4 Å². The van der Waals surface area contributed by atoms with Gasteiger partial charge in [0.1, 0.15) is 18.2 Å². The second kappa shape index (κ2) is 10.5. The molecular weight excluding hydrogens is 485 g/mol. The molecule has 2 aromatic rings. The second-order valence-corrected chi connectivity index (χ2v) is 11.5. The molecule has 4 heterocycles. The van der Waals surface area contributed by atoms with Crippen molar-refractivity contribution in [1.82, 2.24) is 4.90 Å². The summed E-state index contributed by atoms with van der Waals surface area (Å²) in [4.78, 5) is 19.6. The highest BCUT2D eigenvalue weighted by atomic mass is 19.1. The molecule has 0 N–H and O–H groups in total. The fourth-order valence-corrected chi connectivity index (χ4v) is 6.56. The number of anilines is 2. The first-order chi connectivity index (χ1) is 18.4. The summed E-state index contributed by atoms with van der Waals surface area (Å²) in [6, 6.07) is 11.3. The number of ether oxygens (including phenoxy) is 3. The van der Waals surface area contributed by atoms with E-state index < -0.39 is 0 Å². The molecule has 3 fully saturated rings. The predicted molar refractivity (Wildman–Crippen MR) is 145 cm³/mol. The van der Waals surface area contributed by atoms with Gasteiger partial charge in [0.25, 0.3) is 5.91 Å². The van der Waals surface area contributed by atoms with Crippen LogP contribution in [0.25, 0.3) is 0 Å². The van der Waals surface area contributed by atoms with E-state index in [0.717, 1.165) is 70.0 Å². The normalized spacial score (nSPS) is 23.6. The molecule has 1 spiro atoms. The van der Waals surface area contributed by atoms with Gasteiger partial charge in [0.05, 0.1) is 18.4 Å². The first kappa shape index (κ1) is 25.6. The number of nitrogens with zero attached hydrogens (tertiary/aromatic N) is 3. The molecule has 38 heavy (non-hydrogen) atoms. The van der Waals surface area contributed by atoms with Gasteiger partial charge in [-0.2, -0.15) is 0 Å². The fraction of sp³-hybridized carbons (Fsp3) is 0.567. The highest BCUT2D eigenvalue weighted by molar-refractivity contribution is 6.08. The van der Waals surface area contributed by atoms with Crippen LogP contribution in [0, 0.1) is 11.2 Å². The molecule has 0 radical (unpaired) electrons. The van der Waals surface area contributed by atoms with Crippen molar-refractivity contribution in [2.45, 2.75) is 44.8 Å². The van der Waals surface area contributed by atoms with Crippen LogP contribution in [-0.4, -0.2) is 82.6 Å². The standard InChI is InChI=1S/C30H38FN3O4/c1-21(16-36-2)33-19-30(20-33)10-12-32(18-30)28-8-5-23(15-27(28)31)34-11-9-22-14-24(6-7-26(22)29(34)35)38-17-25-4-3-13-37-25/h5-8,14-15,21,25H,3-4,9-13,16-20H2,1-2H3/t21?,25-/m1/s1. The number of methoxy groups -OCH3 is 1. The minimum absolute atomic E-state index is 0.0936. The van der Waals surface area contributed by atoms with Crippen molar-refractivity contribution in [2.24, 2.45) is 5.41 Å². The number of carbonyl (C=O) groups is 1. The van der Waals surface area contributed by atoms with Crippen molar-refractivity contribution in [1.29, 1.82) is 0 Å². The van der Waals surface area contributed by atoms with E-state index in [-0.39, 0.29) is 23.2 Å². The summed E-state index contributed by atoms with van der Waals surface area (Å²) in [6.45, 7) is 8.59. The molecule has 204 valence electrons. The van der Waals surface area contributed by atoms with Gasteiger partial charge in [-0.1, -0.05) is 0 Å². The topological polar surface area (TPSA) is 54.5 Å². The number of rotatable bonds is 8. The maximum absolute atomic E-state index is 15.4. The molecule has 2 atom stereocenters. The van der Waals surface area contributed by atoms with Crippen molar-refractivity contribution >= 4 is 17.3 Å². The molecular formula is C30H38FN3O4. The fourth-order valence-electron chi connectivity index (χ4n) is 6.56. The molecule has 6 rings (SSSR count). The zero-order valence-corrected chi connectivity index (χ0v) is 22.5. The Morgan fingerprint density at radius 3 is 2.79 bits per heavy atom. The Morgan fingerprint density at radius 2 is 2.03 bits per heavy atom. The lowest BCUT2D eigenvalue weighted by Crippen LogP contribution is -2.61. The highest BCUT2D eigenvalue weighted by Gasteiger charge is 2.49. The molecule has 0 aromatic heterocycles. The van der Waals surface area contributed by atoms with Gasteiger partial charge in [-0.3, -0.25) is 9.69 Å². The first-order valence-electron chi connectivity index (χ1n) is 13.9. The molecule has 1 amide bonds. The van der Waals surface area contributed by atoms with Gasteiger partial charge >= 0.3 is 0 Å². The number of hydrogen-bond acceptors (Lipinski definition) is 6. The van der Waals surface area contributed by atoms with Crippen LogP contribution >= 0.6 is 0 Å². The van der Waals surface area contributed by atoms with Crippen LogP contribution in [0.4, 0.5) is 15.8 Å². The SMILES string of the molecule is COCC(C)N1CC2(CCN(c3ccc(N4CCc5cc(OC[C@H]6CCCO6)ccc5C4=O)cc3F)C2)C1. The van der Waals surface area contributed by atoms with E-state index in [2.05, 4.69) is 16.7 Å². The van der Waals surface area contributed by atoms with Crippen molar-refractivity contribution in [3.05, 3.63) is 53.3 Å². The van der Waals surface area contributed by atoms with E-state index in [0.29, 0.717) is 42.6 Å². The third-order valence-electron chi connectivity index (χ3n) is 8.75. The number of hydrogen-bond donors (Lipinski definition) is 0. The lowest BCUT2D eigenvalue weighted by atomic mass is 9.78. The summed E-state index contributed by atoms with van der Waals surface area (Å²) in [5, 5.41) is 0. The van der Waals surface area contributed by atoms with Crippen LogP contribution in [-0.2, 0) is 15.9 Å². The molecule has 0 saturated carbocycles. The van der Waals surface area contributed by atoms with Gasteiger partial charge in [0, 0.05) is 69.1 Å². The average Bonchev–Trinajstić information content (AvgIpc) is 3.57. The molecule has 0 aliphatic carbocycles. The van der Waals surface area contributed by atoms with E-state index in [1.54, 1.807) is 12.0 Å². The quantitative estimate of drug-likeness (QED) is 0.519. The van der Waals surface area contributed by atoms with E-state index in [1.165, 1.54) is 6.07 Å². The molecule has 8 heteroatoms. The minimum Gasteiger partial charge on any atom is -0.491 e. The third kappa shape index (κ3) is 4.90. The summed E-state index contributed by atoms with van der Waals surface area (Å²) in [5.41, 5.74) is 3.12. The third-order valence-corrected chi connectivity index (χ3v) is 8.75. The van der Waals surface area contributed by atoms with Crippen molar-refractivity contribution in [2.75, 3.05) is 69.5 Å². The van der Waals surface area contributed by atoms with Crippen LogP contribution < -0.4 is 14.5 Å². The highest BCUT2D eigenvalue weighted by Crippen LogP contribution is 2.43. The molecule has 3 saturated heterocycles. The zero-order chi connectivity index (χ0) is 26.3. The predicted octanol–water partition coefficient (Wildman–Crippen LogP) is 4.13. The van der Waals surface area contributed by atoms with Crippen molar-refractivity contribution in [3.8, 4) is 5.75 Å². The Kier molecular flexibility index (Phi) is 7.05. The van der Waals surface area contributed by atoms with Gasteiger partial charge < -0.3 is 24.0 Å². The maximum atomic E-state index is 15.4. The summed E-state index contributed by atoms with van der Waals surface area (Å²) in [7, 11) is 1.74. The van der Waals surface area contributed by atoms with Gasteiger partial charge in [-0.05, 0) is 74.6 Å². The molecule has 4 aliphatic rings. The largest absolute Gasteiger partial charge is 0.491 e. The Labute approximate surface area is 224 Å². The second-order valence-electron chi connectivity index (χ2n) is 11.5. The van der Waals surface area contributed by atoms with Crippen molar-refractivity contribution in [3.63, 3.8) is 0 Å². The molecule has 4 aliphatic heterocycles. The minimum atomic E-state index is -0.264. The lowest BCUT2D eigenvalue weighted by molar-refractivity contribution is -0.0331. The van der Waals surface area contributed by atoms with E-state index in [9.17, 15) is 4.79 Å². The van der Waals surface area contributed by atoms with Crippen LogP contribution in [0.15, 0.2) is 36.4 Å². The maximum Gasteiger partial charge on any atom is 0.258 e. The Balaban J connectivity index is 1.09. The average molecular weight is 524 g/mol. The summed E-state index contributed by atoms with van der Waals surface area (Å²) in [6.07, 6.45) is 4.04. The Hall–Kier alpha value is -2.68. The smallest absolute Gasteiger partial charge is 0.258 e. The van der Waals surface area contributed by atoms with Gasteiger partial charge in [-0.25, -0.2) is 4.39 Å². The number of fused-ring (bicyclic) bond motifs is 1. The Bertz CT molecular complexity index is 1180. The van der Waals surface area contributed by atoms with Gasteiger partial charge in [0.15, 0.2) is 0 Å². The molecule has 0 bridgehead atoms. The lowest BCUT2D eigenvalue weighted by Gasteiger charge is -2.50. The van der Waals surface area contributed by atoms with Crippen LogP contribution in [0.3, 0.4) is 0 Å². The van der Waals surface area contributed by atoms with Crippen LogP contribution in [0.5, 0.6) is 5.75 Å². The number of halogens is 1. The van der Waals surface area contributed by atoms with Crippen LogP contribution in [0.2, 0.25) is 0 Å². The monoisotopic (exact) mass is 523 g/mol. The number of amides is 1. The molecule has 7 nitrogen and oxygen atoms in total. The van der Waals surface area contributed by atoms with Crippen LogP contribution in [0.1, 0.15) is 42.1 Å². The summed E-state index contributed by atoms with van der Waals surface area (Å²) in [5.74, 6) is 0.408. The zero-order valence-electron chi connectivity index (χ0n) is 22.5. The van der Waals surface area contributed by atoms with Gasteiger partial charge in [0.2, 0.25) is 0 Å². The number of benzene rings is 2. The molecule has 2 aromatic carbocycles. The number of likely N-dealkylation sites (tertiary alicyclic amines) is 1. The summed E-state index contributed by atoms with van der Waals surface area (Å²) < 4.78 is 32.2. The van der Waals surface area contributed by atoms with Gasteiger partial charge in [-0.15, -0.1) is 0 Å². The summed E-state index contributed by atoms with van der Waals surface area (Å²) >= 11 is 0. The molecule has 1 unspecified atom stereocenters. The van der Waals surface area contributed by atoms with E-state index in [1.807, 2.05) is 30.3 Å². The van der Waals surface area contributed by atoms with E-state index in [4.69, 9.17) is 14.2 Å². The van der Waals surface area contributed by atoms with E-state index >= 15 is 4.39 Å².